The van der Waals surface area contributed by atoms with Crippen LogP contribution in [0.25, 0.3) is 6.08 Å². The van der Waals surface area contributed by atoms with Gasteiger partial charge in [-0.15, -0.1) is 0 Å². The van der Waals surface area contributed by atoms with Gasteiger partial charge in [-0.25, -0.2) is 4.39 Å². The van der Waals surface area contributed by atoms with Gasteiger partial charge in [0.25, 0.3) is 5.91 Å². The van der Waals surface area contributed by atoms with E-state index in [0.717, 1.165) is 12.0 Å². The molecule has 1 amide bonds. The Morgan fingerprint density at radius 2 is 1.92 bits per heavy atom. The second-order valence-corrected chi connectivity index (χ2v) is 7.43. The lowest BCUT2D eigenvalue weighted by Gasteiger charge is -2.12. The van der Waals surface area contributed by atoms with Crippen LogP contribution in [-0.2, 0) is 11.4 Å². The van der Waals surface area contributed by atoms with Gasteiger partial charge in [0.05, 0.1) is 4.91 Å². The fourth-order valence-corrected chi connectivity index (χ4v) is 3.86. The Hall–Kier alpha value is -2.18. The van der Waals surface area contributed by atoms with E-state index in [1.807, 2.05) is 25.1 Å². The van der Waals surface area contributed by atoms with Gasteiger partial charge in [-0.1, -0.05) is 67.3 Å². The molecule has 0 unspecified atom stereocenters. The van der Waals surface area contributed by atoms with E-state index < -0.39 is 0 Å². The average molecular weight is 388 g/mol. The molecule has 0 spiro atoms. The van der Waals surface area contributed by atoms with Crippen LogP contribution in [-0.4, -0.2) is 21.7 Å². The van der Waals surface area contributed by atoms with E-state index in [-0.39, 0.29) is 18.3 Å². The summed E-state index contributed by atoms with van der Waals surface area (Å²) in [5.41, 5.74) is 1.25. The summed E-state index contributed by atoms with van der Waals surface area (Å²) < 4.78 is 20.1. The number of benzene rings is 2. The summed E-state index contributed by atoms with van der Waals surface area (Å²) in [6, 6.07) is 13.9. The standard InChI is InChI=1S/C20H18FNO2S2/c1-2-11-22-19(23)18(26-20(22)25)12-14-7-4-6-10-17(14)24-13-15-8-3-5-9-16(15)21/h3-10,12H,2,11,13H2,1H3/b18-12+. The number of para-hydroxylation sites is 1. The van der Waals surface area contributed by atoms with Crippen LogP contribution in [0.1, 0.15) is 24.5 Å². The quantitative estimate of drug-likeness (QED) is 0.514. The Balaban J connectivity index is 1.80. The zero-order valence-electron chi connectivity index (χ0n) is 14.3. The average Bonchev–Trinajstić information content (AvgIpc) is 2.90. The molecule has 134 valence electrons. The predicted octanol–water partition coefficient (Wildman–Crippen LogP) is 5.02. The third-order valence-electron chi connectivity index (χ3n) is 3.87. The van der Waals surface area contributed by atoms with Gasteiger partial charge in [-0.2, -0.15) is 0 Å². The van der Waals surface area contributed by atoms with Crippen molar-refractivity contribution in [3.05, 3.63) is 70.4 Å². The molecular formula is C20H18FNO2S2. The van der Waals surface area contributed by atoms with Crippen LogP contribution < -0.4 is 4.74 Å². The maximum absolute atomic E-state index is 13.8. The summed E-state index contributed by atoms with van der Waals surface area (Å²) in [4.78, 5) is 14.7. The highest BCUT2D eigenvalue weighted by Crippen LogP contribution is 2.34. The Morgan fingerprint density at radius 1 is 1.19 bits per heavy atom. The maximum atomic E-state index is 13.8. The zero-order chi connectivity index (χ0) is 18.5. The van der Waals surface area contributed by atoms with Crippen molar-refractivity contribution in [3.8, 4) is 5.75 Å². The third-order valence-corrected chi connectivity index (χ3v) is 5.25. The largest absolute Gasteiger partial charge is 0.488 e. The van der Waals surface area contributed by atoms with E-state index in [2.05, 4.69) is 0 Å². The highest BCUT2D eigenvalue weighted by atomic mass is 32.2. The monoisotopic (exact) mass is 387 g/mol. The highest BCUT2D eigenvalue weighted by molar-refractivity contribution is 8.26. The maximum Gasteiger partial charge on any atom is 0.266 e. The number of rotatable bonds is 6. The van der Waals surface area contributed by atoms with Gasteiger partial charge in [0.1, 0.15) is 22.5 Å². The van der Waals surface area contributed by atoms with Gasteiger partial charge >= 0.3 is 0 Å². The summed E-state index contributed by atoms with van der Waals surface area (Å²) in [5.74, 6) is 0.215. The van der Waals surface area contributed by atoms with Gasteiger partial charge in [0.15, 0.2) is 0 Å². The molecule has 0 saturated carbocycles. The minimum absolute atomic E-state index is 0.0780. The fraction of sp³-hybridized carbons (Fsp3) is 0.200. The minimum Gasteiger partial charge on any atom is -0.488 e. The second-order valence-electron chi connectivity index (χ2n) is 5.75. The Morgan fingerprint density at radius 3 is 2.69 bits per heavy atom. The molecule has 1 heterocycles. The third kappa shape index (κ3) is 4.14. The van der Waals surface area contributed by atoms with Crippen molar-refractivity contribution in [1.82, 2.24) is 4.90 Å². The number of carbonyl (C=O) groups excluding carboxylic acids is 1. The van der Waals surface area contributed by atoms with Crippen LogP contribution in [0.2, 0.25) is 0 Å². The summed E-state index contributed by atoms with van der Waals surface area (Å²) >= 11 is 6.59. The van der Waals surface area contributed by atoms with E-state index in [0.29, 0.717) is 27.1 Å². The molecule has 1 aliphatic rings. The lowest BCUT2D eigenvalue weighted by molar-refractivity contribution is -0.122. The van der Waals surface area contributed by atoms with Crippen LogP contribution >= 0.6 is 24.0 Å². The predicted molar refractivity (Wildman–Crippen MR) is 107 cm³/mol. The fourth-order valence-electron chi connectivity index (χ4n) is 2.56. The van der Waals surface area contributed by atoms with Gasteiger partial charge < -0.3 is 4.74 Å². The smallest absolute Gasteiger partial charge is 0.266 e. The molecule has 2 aromatic carbocycles. The van der Waals surface area contributed by atoms with Gasteiger partial charge in [-0.3, -0.25) is 9.69 Å². The first-order valence-electron chi connectivity index (χ1n) is 8.30. The van der Waals surface area contributed by atoms with E-state index in [4.69, 9.17) is 17.0 Å². The summed E-state index contributed by atoms with van der Waals surface area (Å²) in [7, 11) is 0. The molecule has 0 atom stereocenters. The van der Waals surface area contributed by atoms with Crippen molar-refractivity contribution >= 4 is 40.3 Å². The second kappa shape index (κ2) is 8.47. The topological polar surface area (TPSA) is 29.5 Å². The van der Waals surface area contributed by atoms with Crippen LogP contribution in [0.4, 0.5) is 4.39 Å². The van der Waals surface area contributed by atoms with E-state index in [1.165, 1.54) is 17.8 Å². The van der Waals surface area contributed by atoms with Crippen molar-refractivity contribution in [2.24, 2.45) is 0 Å². The number of thiocarbonyl (C=S) groups is 1. The van der Waals surface area contributed by atoms with Crippen LogP contribution in [0.15, 0.2) is 53.4 Å². The molecular weight excluding hydrogens is 369 g/mol. The number of amides is 1. The molecule has 0 aromatic heterocycles. The number of halogens is 1. The van der Waals surface area contributed by atoms with Crippen molar-refractivity contribution in [1.29, 1.82) is 0 Å². The Labute approximate surface area is 161 Å². The van der Waals surface area contributed by atoms with Crippen LogP contribution in [0, 0.1) is 5.82 Å². The molecule has 6 heteroatoms. The van der Waals surface area contributed by atoms with E-state index in [1.54, 1.807) is 35.2 Å². The van der Waals surface area contributed by atoms with Gasteiger partial charge in [0, 0.05) is 17.7 Å². The van der Waals surface area contributed by atoms with Gasteiger partial charge in [-0.05, 0) is 24.6 Å². The molecule has 26 heavy (non-hydrogen) atoms. The van der Waals surface area contributed by atoms with Gasteiger partial charge in [0.2, 0.25) is 0 Å². The van der Waals surface area contributed by atoms with Crippen LogP contribution in [0.5, 0.6) is 5.75 Å². The molecule has 3 rings (SSSR count). The number of ether oxygens (including phenoxy) is 1. The van der Waals surface area contributed by atoms with E-state index >= 15 is 0 Å². The molecule has 0 aliphatic carbocycles. The number of carbonyl (C=O) groups is 1. The number of hydrogen-bond donors (Lipinski definition) is 0. The SMILES string of the molecule is CCCN1C(=O)/C(=C\c2ccccc2OCc2ccccc2F)SC1=S. The summed E-state index contributed by atoms with van der Waals surface area (Å²) in [5, 5.41) is 0. The van der Waals surface area contributed by atoms with Crippen molar-refractivity contribution < 1.29 is 13.9 Å². The van der Waals surface area contributed by atoms with Crippen molar-refractivity contribution in [2.75, 3.05) is 6.54 Å². The minimum atomic E-state index is -0.301. The first kappa shape index (κ1) is 18.6. The lowest BCUT2D eigenvalue weighted by atomic mass is 10.1. The first-order chi connectivity index (χ1) is 12.6. The molecule has 1 aliphatic heterocycles. The first-order valence-corrected chi connectivity index (χ1v) is 9.53. The molecule has 1 fully saturated rings. The van der Waals surface area contributed by atoms with Crippen molar-refractivity contribution in [2.45, 2.75) is 20.0 Å². The van der Waals surface area contributed by atoms with Crippen molar-refractivity contribution in [3.63, 3.8) is 0 Å². The van der Waals surface area contributed by atoms with E-state index in [9.17, 15) is 9.18 Å². The summed E-state index contributed by atoms with van der Waals surface area (Å²) in [6.45, 7) is 2.75. The van der Waals surface area contributed by atoms with Crippen LogP contribution in [0.3, 0.4) is 0 Å². The summed E-state index contributed by atoms with van der Waals surface area (Å²) in [6.07, 6.45) is 2.63. The molecule has 1 saturated heterocycles. The highest BCUT2D eigenvalue weighted by Gasteiger charge is 2.31. The number of hydrogen-bond acceptors (Lipinski definition) is 4. The molecule has 0 radical (unpaired) electrons. The molecule has 0 bridgehead atoms. The lowest BCUT2D eigenvalue weighted by Crippen LogP contribution is -2.28. The normalized spacial score (nSPS) is 15.8. The molecule has 2 aromatic rings. The zero-order valence-corrected chi connectivity index (χ0v) is 15.9. The Kier molecular flexibility index (Phi) is 6.06. The number of thioether (sulfide) groups is 1. The molecule has 0 N–H and O–H groups in total. The number of nitrogens with zero attached hydrogens (tertiary/aromatic N) is 1. The Bertz CT molecular complexity index is 866. The molecule has 3 nitrogen and oxygen atoms in total.